The Kier molecular flexibility index (Phi) is 6.40. The highest BCUT2D eigenvalue weighted by Gasteiger charge is 2.29. The van der Waals surface area contributed by atoms with Crippen molar-refractivity contribution in [2.45, 2.75) is 24.9 Å². The second kappa shape index (κ2) is 7.82. The van der Waals surface area contributed by atoms with Gasteiger partial charge in [0.25, 0.3) is 5.91 Å². The van der Waals surface area contributed by atoms with Crippen molar-refractivity contribution in [3.63, 3.8) is 0 Å². The molecule has 6 N–H and O–H groups in total. The van der Waals surface area contributed by atoms with Gasteiger partial charge in [-0.05, 0) is 5.56 Å². The molecule has 106 valence electrons. The van der Waals surface area contributed by atoms with Gasteiger partial charge in [0, 0.05) is 6.54 Å². The highest BCUT2D eigenvalue weighted by Crippen LogP contribution is 2.00. The third-order valence-electron chi connectivity index (χ3n) is 2.52. The van der Waals surface area contributed by atoms with E-state index in [4.69, 9.17) is 10.2 Å². The summed E-state index contributed by atoms with van der Waals surface area (Å²) in [4.78, 5) is 11.4. The lowest BCUT2D eigenvalue weighted by Gasteiger charge is -2.20. The van der Waals surface area contributed by atoms with Crippen molar-refractivity contribution in [3.8, 4) is 0 Å². The molecule has 0 saturated heterocycles. The van der Waals surface area contributed by atoms with Gasteiger partial charge < -0.3 is 20.4 Å². The summed E-state index contributed by atoms with van der Waals surface area (Å²) in [5, 5.41) is 36.4. The Morgan fingerprint density at radius 2 is 1.79 bits per heavy atom. The first-order valence-corrected chi connectivity index (χ1v) is 5.78. The lowest BCUT2D eigenvalue weighted by atomic mass is 10.1. The number of hydrogen-bond acceptors (Lipinski definition) is 6. The van der Waals surface area contributed by atoms with Crippen molar-refractivity contribution in [1.82, 2.24) is 10.9 Å². The minimum absolute atomic E-state index is 0.345. The highest BCUT2D eigenvalue weighted by molar-refractivity contribution is 5.80. The predicted octanol–water partition coefficient (Wildman–Crippen LogP) is -2.12. The van der Waals surface area contributed by atoms with Gasteiger partial charge in [0.05, 0.1) is 6.61 Å². The number of hydrogen-bond donors (Lipinski definition) is 6. The Hall–Kier alpha value is -1.51. The van der Waals surface area contributed by atoms with Crippen molar-refractivity contribution < 1.29 is 25.2 Å². The Bertz CT molecular complexity index is 387. The molecule has 7 heteroatoms. The van der Waals surface area contributed by atoms with E-state index in [-0.39, 0.29) is 0 Å². The summed E-state index contributed by atoms with van der Waals surface area (Å²) in [6.07, 6.45) is -5.15. The van der Waals surface area contributed by atoms with E-state index in [0.717, 1.165) is 5.56 Å². The summed E-state index contributed by atoms with van der Waals surface area (Å²) in [5.74, 6) is -0.893. The number of carbonyl (C=O) groups is 1. The average Bonchev–Trinajstić information content (AvgIpc) is 2.45. The van der Waals surface area contributed by atoms with Gasteiger partial charge in [-0.3, -0.25) is 10.2 Å². The van der Waals surface area contributed by atoms with Gasteiger partial charge in [0.15, 0.2) is 6.10 Å². The Balaban J connectivity index is 2.35. The third-order valence-corrected chi connectivity index (χ3v) is 2.52. The van der Waals surface area contributed by atoms with Gasteiger partial charge >= 0.3 is 0 Å². The van der Waals surface area contributed by atoms with Crippen molar-refractivity contribution in [3.05, 3.63) is 35.9 Å². The fourth-order valence-electron chi connectivity index (χ4n) is 1.38. The molecular formula is C12H18N2O5. The SMILES string of the molecule is O=C(NNCc1ccccc1)[C@@H](O)[C@H](O)[C@H](O)CO. The molecule has 0 aliphatic carbocycles. The van der Waals surface area contributed by atoms with Crippen LogP contribution >= 0.6 is 0 Å². The molecule has 1 amide bonds. The number of aliphatic hydroxyl groups is 4. The smallest absolute Gasteiger partial charge is 0.265 e. The fourth-order valence-corrected chi connectivity index (χ4v) is 1.38. The van der Waals surface area contributed by atoms with Gasteiger partial charge in [-0.25, -0.2) is 5.43 Å². The number of carbonyl (C=O) groups excluding carboxylic acids is 1. The zero-order chi connectivity index (χ0) is 14.3. The number of benzene rings is 1. The van der Waals surface area contributed by atoms with Crippen molar-refractivity contribution in [1.29, 1.82) is 0 Å². The van der Waals surface area contributed by atoms with Crippen LogP contribution in [0.15, 0.2) is 30.3 Å². The minimum atomic E-state index is -1.83. The van der Waals surface area contributed by atoms with Crippen LogP contribution in [0.3, 0.4) is 0 Å². The van der Waals surface area contributed by atoms with E-state index in [1.807, 2.05) is 30.3 Å². The molecule has 1 aromatic carbocycles. The maximum atomic E-state index is 11.4. The summed E-state index contributed by atoms with van der Waals surface area (Å²) < 4.78 is 0. The lowest BCUT2D eigenvalue weighted by Crippen LogP contribution is -2.51. The number of rotatable bonds is 7. The van der Waals surface area contributed by atoms with E-state index in [2.05, 4.69) is 10.9 Å². The topological polar surface area (TPSA) is 122 Å². The van der Waals surface area contributed by atoms with Crippen LogP contribution in [0, 0.1) is 0 Å². The van der Waals surface area contributed by atoms with Crippen LogP contribution in [0.4, 0.5) is 0 Å². The summed E-state index contributed by atoms with van der Waals surface area (Å²) in [6.45, 7) is -0.402. The molecule has 19 heavy (non-hydrogen) atoms. The van der Waals surface area contributed by atoms with Crippen LogP contribution in [-0.2, 0) is 11.3 Å². The monoisotopic (exact) mass is 270 g/mol. The van der Waals surface area contributed by atoms with Gasteiger partial charge in [-0.2, -0.15) is 0 Å². The predicted molar refractivity (Wildman–Crippen MR) is 66.5 cm³/mol. The summed E-state index contributed by atoms with van der Waals surface area (Å²) in [6, 6.07) is 9.24. The third kappa shape index (κ3) is 4.93. The van der Waals surface area contributed by atoms with Crippen LogP contribution in [0.25, 0.3) is 0 Å². The van der Waals surface area contributed by atoms with Gasteiger partial charge in [-0.15, -0.1) is 0 Å². The minimum Gasteiger partial charge on any atom is -0.394 e. The molecular weight excluding hydrogens is 252 g/mol. The van der Waals surface area contributed by atoms with Gasteiger partial charge in [0.2, 0.25) is 0 Å². The van der Waals surface area contributed by atoms with Crippen LogP contribution in [0.2, 0.25) is 0 Å². The number of amides is 1. The molecule has 0 heterocycles. The molecule has 1 rings (SSSR count). The van der Waals surface area contributed by atoms with E-state index < -0.39 is 30.8 Å². The molecule has 0 aliphatic rings. The quantitative estimate of drug-likeness (QED) is 0.315. The summed E-state index contributed by atoms with van der Waals surface area (Å²) in [7, 11) is 0. The van der Waals surface area contributed by atoms with E-state index in [1.54, 1.807) is 0 Å². The van der Waals surface area contributed by atoms with Crippen LogP contribution in [-0.4, -0.2) is 51.3 Å². The van der Waals surface area contributed by atoms with Crippen LogP contribution in [0.1, 0.15) is 5.56 Å². The molecule has 3 atom stereocenters. The molecule has 0 unspecified atom stereocenters. The van der Waals surface area contributed by atoms with Gasteiger partial charge in [-0.1, -0.05) is 30.3 Å². The number of nitrogens with one attached hydrogen (secondary N) is 2. The lowest BCUT2D eigenvalue weighted by molar-refractivity contribution is -0.143. The van der Waals surface area contributed by atoms with Crippen molar-refractivity contribution in [2.75, 3.05) is 6.61 Å². The van der Waals surface area contributed by atoms with Crippen LogP contribution in [0.5, 0.6) is 0 Å². The number of hydrazine groups is 1. The second-order valence-corrected chi connectivity index (χ2v) is 4.01. The molecule has 0 spiro atoms. The molecule has 0 aliphatic heterocycles. The standard InChI is InChI=1S/C12H18N2O5/c15-7-9(16)10(17)11(18)12(19)14-13-6-8-4-2-1-3-5-8/h1-5,9-11,13,15-18H,6-7H2,(H,14,19)/t9-,10-,11+/m1/s1. The number of aliphatic hydroxyl groups excluding tert-OH is 4. The van der Waals surface area contributed by atoms with Gasteiger partial charge in [0.1, 0.15) is 12.2 Å². The summed E-state index contributed by atoms with van der Waals surface area (Å²) >= 11 is 0. The molecule has 0 radical (unpaired) electrons. The zero-order valence-electron chi connectivity index (χ0n) is 10.2. The summed E-state index contributed by atoms with van der Waals surface area (Å²) in [5.41, 5.74) is 5.70. The Morgan fingerprint density at radius 3 is 2.37 bits per heavy atom. The molecule has 0 aromatic heterocycles. The molecule has 1 aromatic rings. The zero-order valence-corrected chi connectivity index (χ0v) is 10.2. The maximum Gasteiger partial charge on any atom is 0.265 e. The van der Waals surface area contributed by atoms with Crippen molar-refractivity contribution in [2.24, 2.45) is 0 Å². The first-order chi connectivity index (χ1) is 9.06. The van der Waals surface area contributed by atoms with E-state index in [9.17, 15) is 15.0 Å². The fraction of sp³-hybridized carbons (Fsp3) is 0.417. The molecule has 0 saturated carbocycles. The highest BCUT2D eigenvalue weighted by atomic mass is 16.4. The molecule has 0 fully saturated rings. The Morgan fingerprint density at radius 1 is 1.16 bits per heavy atom. The first kappa shape index (κ1) is 15.5. The van der Waals surface area contributed by atoms with E-state index in [0.29, 0.717) is 6.54 Å². The van der Waals surface area contributed by atoms with Crippen molar-refractivity contribution >= 4 is 5.91 Å². The largest absolute Gasteiger partial charge is 0.394 e. The average molecular weight is 270 g/mol. The normalized spacial score (nSPS) is 15.6. The molecule has 0 bridgehead atoms. The Labute approximate surface area is 110 Å². The van der Waals surface area contributed by atoms with E-state index in [1.165, 1.54) is 0 Å². The first-order valence-electron chi connectivity index (χ1n) is 5.78. The van der Waals surface area contributed by atoms with Crippen LogP contribution < -0.4 is 10.9 Å². The molecule has 7 nitrogen and oxygen atoms in total. The maximum absolute atomic E-state index is 11.4. The van der Waals surface area contributed by atoms with E-state index >= 15 is 0 Å². The second-order valence-electron chi connectivity index (χ2n) is 4.01.